The zero-order valence-electron chi connectivity index (χ0n) is 22.5. The number of pyridine rings is 1. The number of hydrogen-bond donors (Lipinski definition) is 2. The molecule has 0 spiro atoms. The van der Waals surface area contributed by atoms with E-state index in [1.54, 1.807) is 6.07 Å². The van der Waals surface area contributed by atoms with E-state index in [-0.39, 0.29) is 34.5 Å². The van der Waals surface area contributed by atoms with Gasteiger partial charge in [-0.3, -0.25) is 24.0 Å². The number of benzene rings is 2. The number of nitrogens with one attached hydrogen (secondary N) is 1. The van der Waals surface area contributed by atoms with E-state index >= 15 is 0 Å². The van der Waals surface area contributed by atoms with Gasteiger partial charge in [0.15, 0.2) is 11.5 Å². The summed E-state index contributed by atoms with van der Waals surface area (Å²) in [6, 6.07) is 8.20. The maximum atomic E-state index is 14.2. The van der Waals surface area contributed by atoms with Crippen molar-refractivity contribution in [2.75, 3.05) is 0 Å². The summed E-state index contributed by atoms with van der Waals surface area (Å²) in [5.41, 5.74) is 4.01. The average molecular weight is 614 g/mol. The molecule has 2 amide bonds. The molecular formula is C30H21F6N5O3. The Hall–Kier alpha value is -5.01. The van der Waals surface area contributed by atoms with Gasteiger partial charge in [0.1, 0.15) is 29.7 Å². The first-order chi connectivity index (χ1) is 20.8. The number of primary amides is 1. The van der Waals surface area contributed by atoms with Gasteiger partial charge in [0, 0.05) is 29.3 Å². The fourth-order valence-electron chi connectivity index (χ4n) is 5.77. The van der Waals surface area contributed by atoms with Gasteiger partial charge in [0.2, 0.25) is 5.91 Å². The number of alkyl halides is 3. The highest BCUT2D eigenvalue weighted by Gasteiger charge is 2.58. The van der Waals surface area contributed by atoms with Gasteiger partial charge in [-0.15, -0.1) is 0 Å². The lowest BCUT2D eigenvalue weighted by molar-refractivity contribution is -0.142. The fourth-order valence-corrected chi connectivity index (χ4v) is 5.77. The number of fused-ring (bicyclic) bond motifs is 3. The van der Waals surface area contributed by atoms with E-state index in [1.165, 1.54) is 24.4 Å². The summed E-state index contributed by atoms with van der Waals surface area (Å²) >= 11 is 0. The smallest absolute Gasteiger partial charge is 0.366 e. The third-order valence-electron chi connectivity index (χ3n) is 7.69. The predicted molar refractivity (Wildman–Crippen MR) is 142 cm³/mol. The Morgan fingerprint density at radius 3 is 2.45 bits per heavy atom. The zero-order valence-corrected chi connectivity index (χ0v) is 22.5. The summed E-state index contributed by atoms with van der Waals surface area (Å²) in [6.07, 6.45) is -3.41. The minimum Gasteiger partial charge on any atom is -0.366 e. The van der Waals surface area contributed by atoms with Crippen LogP contribution in [0.25, 0.3) is 11.1 Å². The van der Waals surface area contributed by atoms with Gasteiger partial charge in [-0.05, 0) is 60.2 Å². The van der Waals surface area contributed by atoms with Crippen molar-refractivity contribution in [2.24, 2.45) is 11.7 Å². The monoisotopic (exact) mass is 613 g/mol. The molecule has 2 aliphatic carbocycles. The van der Waals surface area contributed by atoms with Gasteiger partial charge >= 0.3 is 6.18 Å². The van der Waals surface area contributed by atoms with Crippen LogP contribution in [0.15, 0.2) is 54.7 Å². The molecule has 0 bridgehead atoms. The second-order valence-electron chi connectivity index (χ2n) is 10.7. The Kier molecular flexibility index (Phi) is 7.01. The largest absolute Gasteiger partial charge is 0.435 e. The highest BCUT2D eigenvalue weighted by atomic mass is 19.4. The molecule has 4 aromatic rings. The van der Waals surface area contributed by atoms with Gasteiger partial charge in [-0.1, -0.05) is 12.1 Å². The van der Waals surface area contributed by atoms with Crippen LogP contribution >= 0.6 is 0 Å². The Bertz CT molecular complexity index is 1830. The Balaban J connectivity index is 1.37. The second-order valence-corrected chi connectivity index (χ2v) is 10.7. The highest BCUT2D eigenvalue weighted by molar-refractivity contribution is 6.05. The van der Waals surface area contributed by atoms with Gasteiger partial charge < -0.3 is 11.1 Å². The number of nitrogens with two attached hydrogens (primary N) is 1. The van der Waals surface area contributed by atoms with Crippen molar-refractivity contribution in [1.82, 2.24) is 20.1 Å². The summed E-state index contributed by atoms with van der Waals surface area (Å²) in [5.74, 6) is -6.21. The topological polar surface area (TPSA) is 120 Å². The molecule has 44 heavy (non-hydrogen) atoms. The molecule has 3 unspecified atom stereocenters. The molecule has 6 rings (SSSR count). The van der Waals surface area contributed by atoms with Crippen molar-refractivity contribution in [2.45, 2.75) is 37.5 Å². The van der Waals surface area contributed by atoms with Crippen molar-refractivity contribution in [3.63, 3.8) is 0 Å². The lowest BCUT2D eigenvalue weighted by atomic mass is 9.94. The maximum Gasteiger partial charge on any atom is 0.435 e. The number of hydrogen-bond acceptors (Lipinski definition) is 5. The van der Waals surface area contributed by atoms with E-state index in [0.29, 0.717) is 18.1 Å². The van der Waals surface area contributed by atoms with Crippen LogP contribution in [-0.4, -0.2) is 32.4 Å². The molecule has 3 atom stereocenters. The first-order valence-corrected chi connectivity index (χ1v) is 13.3. The molecule has 1 saturated carbocycles. The predicted octanol–water partition coefficient (Wildman–Crippen LogP) is 4.88. The van der Waals surface area contributed by atoms with Crippen LogP contribution in [0.2, 0.25) is 0 Å². The van der Waals surface area contributed by atoms with Crippen molar-refractivity contribution in [3.8, 4) is 11.1 Å². The number of aromatic nitrogens is 3. The Morgan fingerprint density at radius 2 is 1.77 bits per heavy atom. The lowest BCUT2D eigenvalue weighted by Crippen LogP contribution is -2.34. The van der Waals surface area contributed by atoms with Gasteiger partial charge in [-0.2, -0.15) is 18.3 Å². The summed E-state index contributed by atoms with van der Waals surface area (Å²) in [4.78, 5) is 42.2. The number of carbonyl (C=O) groups excluding carboxylic acids is 3. The molecule has 2 aromatic carbocycles. The Labute approximate surface area is 244 Å². The van der Waals surface area contributed by atoms with Crippen LogP contribution in [0.4, 0.5) is 26.3 Å². The molecule has 8 nitrogen and oxygen atoms in total. The maximum absolute atomic E-state index is 14.2. The van der Waals surface area contributed by atoms with Crippen LogP contribution in [0.1, 0.15) is 61.7 Å². The quantitative estimate of drug-likeness (QED) is 0.275. The summed E-state index contributed by atoms with van der Waals surface area (Å²) in [5, 5.41) is 6.21. The number of halogens is 6. The van der Waals surface area contributed by atoms with E-state index in [4.69, 9.17) is 5.73 Å². The molecule has 226 valence electrons. The number of amides is 2. The normalized spacial score (nSPS) is 17.6. The molecule has 3 N–H and O–H groups in total. The first kappa shape index (κ1) is 29.1. The van der Waals surface area contributed by atoms with Crippen molar-refractivity contribution >= 4 is 17.6 Å². The average Bonchev–Trinajstić information content (AvgIpc) is 3.56. The van der Waals surface area contributed by atoms with Crippen LogP contribution in [0.5, 0.6) is 0 Å². The number of rotatable bonds is 8. The standard InChI is InChI=1S/C30H21F6N5O3/c31-15-6-13(7-16(32)10-15)8-22(25-17(2-1-5-38-25)14-3-4-21(33)20(9-14)29(37)44)39-23(42)12-41-26-24(18-11-19(18)27(26)43)28(40-41)30(34,35)36/h1-7,9-10,18-19,22H,8,11-12H2,(H2,37,44)(H,39,42). The minimum absolute atomic E-state index is 0.107. The third kappa shape index (κ3) is 5.31. The van der Waals surface area contributed by atoms with Crippen molar-refractivity contribution in [1.29, 1.82) is 0 Å². The Morgan fingerprint density at radius 1 is 1.05 bits per heavy atom. The molecule has 0 saturated heterocycles. The van der Waals surface area contributed by atoms with E-state index < -0.39 is 76.9 Å². The second kappa shape index (κ2) is 10.6. The van der Waals surface area contributed by atoms with E-state index in [1.807, 2.05) is 0 Å². The number of nitrogens with zero attached hydrogens (tertiary/aromatic N) is 3. The number of ketones is 1. The van der Waals surface area contributed by atoms with Crippen molar-refractivity contribution < 1.29 is 40.7 Å². The lowest BCUT2D eigenvalue weighted by Gasteiger charge is -2.22. The number of carbonyl (C=O) groups is 3. The van der Waals surface area contributed by atoms with Gasteiger partial charge in [-0.25, -0.2) is 13.2 Å². The number of Topliss-reactive ketones (excluding diaryl/α,β-unsaturated/α-hetero) is 1. The zero-order chi connectivity index (χ0) is 31.5. The van der Waals surface area contributed by atoms with Crippen LogP contribution < -0.4 is 11.1 Å². The molecular weight excluding hydrogens is 592 g/mol. The van der Waals surface area contributed by atoms with Gasteiger partial charge in [0.25, 0.3) is 5.91 Å². The van der Waals surface area contributed by atoms with Crippen molar-refractivity contribution in [3.05, 3.63) is 106 Å². The molecule has 2 aromatic heterocycles. The van der Waals surface area contributed by atoms with Crippen LogP contribution in [-0.2, 0) is 23.9 Å². The SMILES string of the molecule is NC(=O)c1cc(-c2cccnc2C(Cc2cc(F)cc(F)c2)NC(=O)Cn2nc(C(F)(F)F)c3c2C(=O)C2CC32)ccc1F. The highest BCUT2D eigenvalue weighted by Crippen LogP contribution is 2.58. The summed E-state index contributed by atoms with van der Waals surface area (Å²) in [6.45, 7) is -0.762. The minimum atomic E-state index is -4.84. The summed E-state index contributed by atoms with van der Waals surface area (Å²) in [7, 11) is 0. The summed E-state index contributed by atoms with van der Waals surface area (Å²) < 4.78 is 84.3. The van der Waals surface area contributed by atoms with Crippen LogP contribution in [0.3, 0.4) is 0 Å². The molecule has 0 aliphatic heterocycles. The molecule has 0 radical (unpaired) electrons. The molecule has 14 heteroatoms. The van der Waals surface area contributed by atoms with E-state index in [0.717, 1.165) is 22.9 Å². The van der Waals surface area contributed by atoms with Gasteiger partial charge in [0.05, 0.1) is 17.3 Å². The van der Waals surface area contributed by atoms with Crippen LogP contribution in [0, 0.1) is 23.4 Å². The van der Waals surface area contributed by atoms with E-state index in [9.17, 15) is 40.7 Å². The van der Waals surface area contributed by atoms with E-state index in [2.05, 4.69) is 15.4 Å². The fraction of sp³-hybridized carbons (Fsp3) is 0.233. The molecule has 2 heterocycles. The molecule has 1 fully saturated rings. The third-order valence-corrected chi connectivity index (χ3v) is 7.69. The first-order valence-electron chi connectivity index (χ1n) is 13.3. The molecule has 2 aliphatic rings.